The molecule has 0 N–H and O–H groups in total. The molecule has 1 aliphatic carbocycles. The molecule has 1 spiro atoms. The summed E-state index contributed by atoms with van der Waals surface area (Å²) in [5.74, 6) is 0. The Balaban J connectivity index is 1.01. The van der Waals surface area contributed by atoms with E-state index >= 15 is 0 Å². The zero-order valence-corrected chi connectivity index (χ0v) is 37.0. The van der Waals surface area contributed by atoms with Crippen molar-refractivity contribution in [2.75, 3.05) is 4.90 Å². The number of aromatic nitrogens is 1. The fourth-order valence-corrected chi connectivity index (χ4v) is 13.1. The quantitative estimate of drug-likeness (QED) is 0.176. The van der Waals surface area contributed by atoms with Gasteiger partial charge in [0.2, 0.25) is 0 Å². The van der Waals surface area contributed by atoms with Gasteiger partial charge in [0.25, 0.3) is 0 Å². The molecule has 0 amide bonds. The van der Waals surface area contributed by atoms with E-state index in [1.165, 1.54) is 75.5 Å². The molecule has 0 fully saturated rings. The summed E-state index contributed by atoms with van der Waals surface area (Å²) in [7, 11) is 0. The predicted molar refractivity (Wildman–Crippen MR) is 279 cm³/mol. The molecule has 0 unspecified atom stereocenters. The van der Waals surface area contributed by atoms with Crippen molar-refractivity contribution in [3.63, 3.8) is 0 Å². The van der Waals surface area contributed by atoms with E-state index in [1.807, 2.05) is 23.9 Å². The summed E-state index contributed by atoms with van der Waals surface area (Å²) in [5, 5.41) is 9.55. The van der Waals surface area contributed by atoms with Crippen LogP contribution in [0.3, 0.4) is 0 Å². The summed E-state index contributed by atoms with van der Waals surface area (Å²) in [5.41, 5.74) is 15.9. The Hall–Kier alpha value is -8.31. The van der Waals surface area contributed by atoms with E-state index in [9.17, 15) is 0 Å². The molecule has 2 aliphatic rings. The molecule has 4 heteroatoms. The molecule has 2 aromatic heterocycles. The molecule has 67 heavy (non-hydrogen) atoms. The maximum absolute atomic E-state index is 6.43. The maximum Gasteiger partial charge on any atom is 0.137 e. The minimum atomic E-state index is -0.517. The average Bonchev–Trinajstić information content (AvgIpc) is 3.93. The number of anilines is 3. The molecule has 0 radical (unpaired) electrons. The number of benzene rings is 11. The van der Waals surface area contributed by atoms with Crippen LogP contribution in [0.15, 0.2) is 245 Å². The van der Waals surface area contributed by atoms with Crippen molar-refractivity contribution < 1.29 is 4.42 Å². The summed E-state index contributed by atoms with van der Waals surface area (Å²) in [6.45, 7) is 0. The second-order valence-electron chi connectivity index (χ2n) is 17.9. The molecule has 15 rings (SSSR count). The fourth-order valence-electron chi connectivity index (χ4n) is 11.9. The standard InChI is InChI=1S/C63H38N2OS/c1-2-17-42-39(15-1)16-13-27-54(42)64(40-32-35-57-49(37-40)44-19-4-9-26-55(44)65(57)41-31-33-46-45-20-5-10-28-58(45)66-59(46)38-41)56-36-34-47-43-18-3-6-22-50(43)63(53-25-14-21-48(56)62(47)53)51-23-7-11-29-60(51)67-61-30-12-8-24-52(61)63/h1-38H. The number of hydrogen-bond donors (Lipinski definition) is 0. The molecule has 312 valence electrons. The largest absolute Gasteiger partial charge is 0.456 e. The second-order valence-corrected chi connectivity index (χ2v) is 19.0. The van der Waals surface area contributed by atoms with E-state index in [0.717, 1.165) is 55.7 Å². The third-order valence-electron chi connectivity index (χ3n) is 14.6. The fraction of sp³-hybridized carbons (Fsp3) is 0.0159. The van der Waals surface area contributed by atoms with Crippen LogP contribution in [0.25, 0.3) is 82.1 Å². The van der Waals surface area contributed by atoms with Crippen LogP contribution in [0.4, 0.5) is 17.1 Å². The Morgan fingerprint density at radius 3 is 1.88 bits per heavy atom. The Morgan fingerprint density at radius 1 is 0.388 bits per heavy atom. The predicted octanol–water partition coefficient (Wildman–Crippen LogP) is 17.3. The van der Waals surface area contributed by atoms with Crippen LogP contribution in [-0.2, 0) is 5.41 Å². The first-order valence-electron chi connectivity index (χ1n) is 23.0. The number of rotatable bonds is 4. The zero-order chi connectivity index (χ0) is 43.8. The first kappa shape index (κ1) is 37.0. The summed E-state index contributed by atoms with van der Waals surface area (Å²) in [6.07, 6.45) is 0. The molecular weight excluding hydrogens is 833 g/mol. The molecule has 0 saturated carbocycles. The van der Waals surface area contributed by atoms with Crippen LogP contribution in [-0.4, -0.2) is 4.57 Å². The number of nitrogens with zero attached hydrogens (tertiary/aromatic N) is 2. The van der Waals surface area contributed by atoms with Crippen molar-refractivity contribution in [1.82, 2.24) is 4.57 Å². The molecule has 1 aliphatic heterocycles. The van der Waals surface area contributed by atoms with Gasteiger partial charge in [-0.2, -0.15) is 0 Å². The number of para-hydroxylation sites is 2. The highest BCUT2D eigenvalue weighted by molar-refractivity contribution is 7.99. The van der Waals surface area contributed by atoms with E-state index in [-0.39, 0.29) is 0 Å². The van der Waals surface area contributed by atoms with Crippen LogP contribution >= 0.6 is 11.8 Å². The lowest BCUT2D eigenvalue weighted by molar-refractivity contribution is 0.668. The summed E-state index contributed by atoms with van der Waals surface area (Å²) in [6, 6.07) is 85.4. The summed E-state index contributed by atoms with van der Waals surface area (Å²) >= 11 is 1.89. The van der Waals surface area contributed by atoms with Gasteiger partial charge in [-0.25, -0.2) is 0 Å². The van der Waals surface area contributed by atoms with Crippen molar-refractivity contribution in [3.05, 3.63) is 253 Å². The lowest BCUT2D eigenvalue weighted by atomic mass is 9.59. The number of hydrogen-bond acceptors (Lipinski definition) is 3. The van der Waals surface area contributed by atoms with Crippen molar-refractivity contribution >= 4 is 94.1 Å². The molecular formula is C63H38N2OS. The van der Waals surface area contributed by atoms with Gasteiger partial charge in [-0.15, -0.1) is 0 Å². The van der Waals surface area contributed by atoms with Gasteiger partial charge in [0.05, 0.1) is 27.8 Å². The lowest BCUT2D eigenvalue weighted by Gasteiger charge is -2.46. The normalized spacial score (nSPS) is 13.4. The third-order valence-corrected chi connectivity index (χ3v) is 15.8. The minimum absolute atomic E-state index is 0.517. The maximum atomic E-state index is 6.43. The van der Waals surface area contributed by atoms with Gasteiger partial charge in [0, 0.05) is 59.5 Å². The molecule has 0 bridgehead atoms. The number of furan rings is 1. The van der Waals surface area contributed by atoms with Crippen molar-refractivity contribution in [3.8, 4) is 16.8 Å². The van der Waals surface area contributed by atoms with Crippen molar-refractivity contribution in [2.24, 2.45) is 0 Å². The third kappa shape index (κ3) is 5.03. The van der Waals surface area contributed by atoms with E-state index in [4.69, 9.17) is 4.42 Å². The minimum Gasteiger partial charge on any atom is -0.456 e. The van der Waals surface area contributed by atoms with E-state index in [1.54, 1.807) is 0 Å². The Labute approximate surface area is 390 Å². The van der Waals surface area contributed by atoms with Crippen molar-refractivity contribution in [2.45, 2.75) is 15.2 Å². The Morgan fingerprint density at radius 2 is 1.01 bits per heavy atom. The monoisotopic (exact) mass is 870 g/mol. The van der Waals surface area contributed by atoms with Gasteiger partial charge in [0.1, 0.15) is 11.2 Å². The van der Waals surface area contributed by atoms with Crippen LogP contribution in [0.2, 0.25) is 0 Å². The Kier molecular flexibility index (Phi) is 7.64. The summed E-state index contributed by atoms with van der Waals surface area (Å²) in [4.78, 5) is 5.12. The van der Waals surface area contributed by atoms with Crippen LogP contribution in [0.1, 0.15) is 22.3 Å². The molecule has 11 aromatic carbocycles. The van der Waals surface area contributed by atoms with Gasteiger partial charge in [-0.05, 0) is 111 Å². The topological polar surface area (TPSA) is 21.3 Å². The highest BCUT2D eigenvalue weighted by Gasteiger charge is 2.48. The van der Waals surface area contributed by atoms with E-state index < -0.39 is 5.41 Å². The number of fused-ring (bicyclic) bond motifs is 15. The molecule has 13 aromatic rings. The van der Waals surface area contributed by atoms with Gasteiger partial charge >= 0.3 is 0 Å². The molecule has 0 saturated heterocycles. The zero-order valence-electron chi connectivity index (χ0n) is 36.2. The van der Waals surface area contributed by atoms with E-state index in [0.29, 0.717) is 0 Å². The van der Waals surface area contributed by atoms with Crippen LogP contribution in [0.5, 0.6) is 0 Å². The SMILES string of the molecule is c1ccc2c(c1)Sc1ccccc1C21c2ccccc2-c2ccc(N(c3ccc4c(c3)c3ccccc3n4-c3ccc4c(c3)oc3ccccc34)c3cccc4ccccc34)c3cccc1c23. The second kappa shape index (κ2) is 13.9. The average molecular weight is 871 g/mol. The lowest BCUT2D eigenvalue weighted by Crippen LogP contribution is -2.36. The first-order valence-corrected chi connectivity index (χ1v) is 23.8. The molecule has 3 heterocycles. The Bertz CT molecular complexity index is 4180. The highest BCUT2D eigenvalue weighted by Crippen LogP contribution is 2.62. The first-order chi connectivity index (χ1) is 33.2. The van der Waals surface area contributed by atoms with Crippen LogP contribution < -0.4 is 4.90 Å². The molecule has 0 atom stereocenters. The van der Waals surface area contributed by atoms with E-state index in [2.05, 4.69) is 228 Å². The summed E-state index contributed by atoms with van der Waals surface area (Å²) < 4.78 is 8.82. The van der Waals surface area contributed by atoms with Crippen molar-refractivity contribution in [1.29, 1.82) is 0 Å². The van der Waals surface area contributed by atoms with Gasteiger partial charge in [-0.1, -0.05) is 169 Å². The molecule has 3 nitrogen and oxygen atoms in total. The smallest absolute Gasteiger partial charge is 0.137 e. The highest BCUT2D eigenvalue weighted by atomic mass is 32.2. The van der Waals surface area contributed by atoms with Gasteiger partial charge < -0.3 is 13.9 Å². The van der Waals surface area contributed by atoms with Crippen LogP contribution in [0, 0.1) is 0 Å². The van der Waals surface area contributed by atoms with Gasteiger partial charge in [-0.3, -0.25) is 0 Å². The van der Waals surface area contributed by atoms with Gasteiger partial charge in [0.15, 0.2) is 0 Å².